The number of rotatable bonds is 9. The van der Waals surface area contributed by atoms with Crippen molar-refractivity contribution < 1.29 is 57.8 Å². The van der Waals surface area contributed by atoms with E-state index in [1.54, 1.807) is 58.0 Å². The van der Waals surface area contributed by atoms with E-state index in [1.165, 1.54) is 53.2 Å². The zero-order valence-electron chi connectivity index (χ0n) is 38.4. The molecule has 0 aromatic heterocycles. The summed E-state index contributed by atoms with van der Waals surface area (Å²) >= 11 is 0. The van der Waals surface area contributed by atoms with Gasteiger partial charge in [-0.25, -0.2) is 4.98 Å². The first-order valence-electron chi connectivity index (χ1n) is 21.7. The number of anilines is 1. The Kier molecular flexibility index (Phi) is 15.0. The number of hydrogen-bond acceptors (Lipinski definition) is 16. The zero-order valence-corrected chi connectivity index (χ0v) is 38.4. The van der Waals surface area contributed by atoms with Gasteiger partial charge in [0, 0.05) is 86.9 Å². The summed E-state index contributed by atoms with van der Waals surface area (Å²) in [5.41, 5.74) is -0.599. The van der Waals surface area contributed by atoms with E-state index >= 15 is 0 Å². The summed E-state index contributed by atoms with van der Waals surface area (Å²) in [6.07, 6.45) is 3.57. The molecule has 0 fully saturated rings. The molecule has 350 valence electrons. The number of ketones is 1. The number of likely N-dealkylation sites (N-methyl/N-ethyl adjacent to an activating group) is 1. The van der Waals surface area contributed by atoms with Gasteiger partial charge in [-0.05, 0) is 39.1 Å². The minimum absolute atomic E-state index is 0.0258. The number of nitrogens with zero attached hydrogens (tertiary/aromatic N) is 1. The molecule has 7 rings (SSSR count). The van der Waals surface area contributed by atoms with E-state index in [1.807, 2.05) is 7.05 Å². The van der Waals surface area contributed by atoms with Crippen molar-refractivity contribution in [2.45, 2.75) is 85.6 Å². The first-order chi connectivity index (χ1) is 30.8. The largest absolute Gasteiger partial charge is 0.507 e. The average Bonchev–Trinajstić information content (AvgIpc) is 3.54. The number of aliphatic hydroxyl groups excluding tert-OH is 2. The summed E-state index contributed by atoms with van der Waals surface area (Å²) < 4.78 is 36.3. The fourth-order valence-corrected chi connectivity index (χ4v) is 8.45. The maximum Gasteiger partial charge on any atom is 0.312 e. The number of carbonyl (C=O) groups excluding carboxylic acids is 3. The number of methoxy groups -OCH3 is 1. The van der Waals surface area contributed by atoms with Crippen molar-refractivity contribution >= 4 is 45.2 Å². The maximum absolute atomic E-state index is 14.7. The number of phenols is 1. The molecule has 0 spiro atoms. The highest BCUT2D eigenvalue weighted by Gasteiger charge is 2.50. The number of allylic oxidation sites excluding steroid dienone is 2. The van der Waals surface area contributed by atoms with E-state index in [9.17, 15) is 34.5 Å². The number of aromatic hydroxyl groups is 1. The predicted molar refractivity (Wildman–Crippen MR) is 243 cm³/mol. The Hall–Kier alpha value is -5.85. The van der Waals surface area contributed by atoms with Gasteiger partial charge in [-0.15, -0.1) is 0 Å². The third-order valence-electron chi connectivity index (χ3n) is 12.4. The normalized spacial score (nSPS) is 28.4. The van der Waals surface area contributed by atoms with Gasteiger partial charge in [-0.2, -0.15) is 0 Å². The zero-order chi connectivity index (χ0) is 47.5. The number of carbonyl (C=O) groups is 3. The van der Waals surface area contributed by atoms with Crippen molar-refractivity contribution in [2.75, 3.05) is 45.7 Å². The predicted octanol–water partition coefficient (Wildman–Crippen LogP) is 5.14. The molecule has 0 radical (unpaired) electrons. The molecule has 9 atom stereocenters. The van der Waals surface area contributed by atoms with E-state index in [-0.39, 0.29) is 55.9 Å². The van der Waals surface area contributed by atoms with Crippen LogP contribution in [-0.2, 0) is 23.8 Å². The molecule has 0 unspecified atom stereocenters. The number of ether oxygens (including phenoxy) is 5. The number of aromatic nitrogens is 1. The molecule has 65 heavy (non-hydrogen) atoms. The maximum atomic E-state index is 14.7. The number of benzene rings is 3. The van der Waals surface area contributed by atoms with E-state index < -0.39 is 82.7 Å². The van der Waals surface area contributed by atoms with Crippen molar-refractivity contribution in [1.29, 1.82) is 0 Å². The lowest BCUT2D eigenvalue weighted by molar-refractivity contribution is -0.160. The van der Waals surface area contributed by atoms with Gasteiger partial charge in [0.05, 0.1) is 35.5 Å². The van der Waals surface area contributed by atoms with Gasteiger partial charge in [0.2, 0.25) is 5.43 Å². The van der Waals surface area contributed by atoms with Crippen LogP contribution in [0.3, 0.4) is 0 Å². The molecule has 0 saturated heterocycles. The van der Waals surface area contributed by atoms with Crippen molar-refractivity contribution in [3.8, 4) is 28.7 Å². The highest BCUT2D eigenvalue weighted by atomic mass is 16.7. The van der Waals surface area contributed by atoms with Crippen LogP contribution in [0, 0.1) is 30.6 Å². The Morgan fingerprint density at radius 3 is 2.42 bits per heavy atom. The molecule has 4 heterocycles. The number of fused-ring (bicyclic) bond motifs is 14. The molecule has 1 aliphatic carbocycles. The van der Waals surface area contributed by atoms with E-state index in [0.29, 0.717) is 24.4 Å². The first-order valence-corrected chi connectivity index (χ1v) is 21.7. The Bertz CT molecular complexity index is 2570. The SMILES string of the molecule is CNCCNCCOc1ccc2nc3c4c5c6c(C)c(O)c4c(=O)c(c-3oc2c1)NC(=O)/C(C)=C\C=C\[C@H](C)[C@H](O)[C@@H](C)[C@@H](O)[C@@H](C)[C@H](OC(C)=O)[C@H](C)[C@@H](OC)/C=C/O[C@@](C)(O6)C5=O. The average molecular weight is 901 g/mol. The number of aliphatic hydroxyl groups is 2. The summed E-state index contributed by atoms with van der Waals surface area (Å²) in [4.78, 5) is 60.7. The van der Waals surface area contributed by atoms with Gasteiger partial charge in [0.25, 0.3) is 11.7 Å². The Morgan fingerprint density at radius 2 is 1.72 bits per heavy atom. The van der Waals surface area contributed by atoms with Gasteiger partial charge in [0.1, 0.15) is 46.9 Å². The third kappa shape index (κ3) is 9.75. The quantitative estimate of drug-likeness (QED) is 0.0552. The second kappa shape index (κ2) is 20.1. The summed E-state index contributed by atoms with van der Waals surface area (Å²) in [6.45, 7) is 15.0. The highest BCUT2D eigenvalue weighted by Crippen LogP contribution is 2.50. The second-order valence-corrected chi connectivity index (χ2v) is 17.1. The minimum Gasteiger partial charge on any atom is -0.507 e. The molecular formula is C48H60N4O13. The molecular weight excluding hydrogens is 841 g/mol. The van der Waals surface area contributed by atoms with Crippen LogP contribution in [0.4, 0.5) is 5.69 Å². The molecule has 5 aliphatic rings. The summed E-state index contributed by atoms with van der Waals surface area (Å²) in [5.74, 6) is -6.85. The molecule has 17 nitrogen and oxygen atoms in total. The van der Waals surface area contributed by atoms with Crippen LogP contribution < -0.4 is 30.9 Å². The molecule has 6 N–H and O–H groups in total. The highest BCUT2D eigenvalue weighted by molar-refractivity contribution is 6.22. The number of Topliss-reactive ketones (excluding diaryl/α,β-unsaturated/α-hetero) is 1. The molecule has 4 aliphatic heterocycles. The number of phenolic OH excluding ortho intramolecular Hbond substituents is 1. The fraction of sp³-hybridized carbons (Fsp3) is 0.479. The van der Waals surface area contributed by atoms with Crippen LogP contribution in [-0.4, -0.2) is 109 Å². The third-order valence-corrected chi connectivity index (χ3v) is 12.4. The lowest BCUT2D eigenvalue weighted by Crippen LogP contribution is -2.46. The second-order valence-electron chi connectivity index (χ2n) is 17.1. The summed E-state index contributed by atoms with van der Waals surface area (Å²) in [7, 11) is 3.31. The van der Waals surface area contributed by atoms with E-state index in [2.05, 4.69) is 16.0 Å². The van der Waals surface area contributed by atoms with Crippen molar-refractivity contribution in [1.82, 2.24) is 15.6 Å². The summed E-state index contributed by atoms with van der Waals surface area (Å²) in [5, 5.41) is 43.4. The number of hydrogen-bond donors (Lipinski definition) is 6. The first kappa shape index (κ1) is 48.6. The molecule has 2 aromatic carbocycles. The molecule has 1 amide bonds. The molecule has 17 heteroatoms. The number of amides is 1. The van der Waals surface area contributed by atoms with Crippen molar-refractivity contribution in [3.63, 3.8) is 0 Å². The monoisotopic (exact) mass is 900 g/mol. The topological polar surface area (TPSA) is 237 Å². The lowest BCUT2D eigenvalue weighted by atomic mass is 9.78. The lowest BCUT2D eigenvalue weighted by Gasteiger charge is -2.38. The van der Waals surface area contributed by atoms with Gasteiger partial charge < -0.3 is 59.4 Å². The standard InChI is InChI=1S/C48H60N4O13/c1-23-12-11-13-24(2)47(59)52-38-42(57)35-34(37-45(38)64-33-22-30(14-15-31(33)51-37)61-21-19-50-18-17-49-9)36-44(28(6)41(35)56)65-48(8,46(36)58)62-20-16-32(60-10)25(3)43(63-29(7)53)27(5)40(55)26(4)39(23)54/h11-16,20,22-23,25-27,32,39-40,43,49-50,54-56H,17-19,21H2,1-10H3,(H,52,59)/b12-11+,20-16+,24-13-/t23-,25+,26+,27+,32-,39-,40+,43+,48-/m0/s1. The number of esters is 1. The Labute approximate surface area is 377 Å². The van der Waals surface area contributed by atoms with Crippen molar-refractivity contribution in [3.05, 3.63) is 75.7 Å². The van der Waals surface area contributed by atoms with Crippen LogP contribution >= 0.6 is 0 Å². The Morgan fingerprint density at radius 1 is 0.985 bits per heavy atom. The van der Waals surface area contributed by atoms with Gasteiger partial charge in [-0.1, -0.05) is 45.9 Å². The summed E-state index contributed by atoms with van der Waals surface area (Å²) in [6, 6.07) is 4.95. The van der Waals surface area contributed by atoms with Gasteiger partial charge in [0.15, 0.2) is 11.3 Å². The van der Waals surface area contributed by atoms with Gasteiger partial charge >= 0.3 is 11.8 Å². The van der Waals surface area contributed by atoms with Gasteiger partial charge in [-0.3, -0.25) is 19.2 Å². The van der Waals surface area contributed by atoms with E-state index in [0.717, 1.165) is 13.1 Å². The van der Waals surface area contributed by atoms with Crippen molar-refractivity contribution in [2.24, 2.45) is 23.7 Å². The Balaban J connectivity index is 1.54. The molecule has 2 aromatic rings. The number of nitrogens with one attached hydrogen (secondary N) is 3. The molecule has 0 saturated carbocycles. The van der Waals surface area contributed by atoms with Crippen LogP contribution in [0.5, 0.6) is 17.2 Å². The van der Waals surface area contributed by atoms with Crippen LogP contribution in [0.25, 0.3) is 33.3 Å². The fourth-order valence-electron chi connectivity index (χ4n) is 8.45. The van der Waals surface area contributed by atoms with Crippen LogP contribution in [0.1, 0.15) is 64.4 Å². The van der Waals surface area contributed by atoms with Crippen LogP contribution in [0.2, 0.25) is 0 Å². The molecule has 5 bridgehead atoms. The smallest absolute Gasteiger partial charge is 0.312 e. The van der Waals surface area contributed by atoms with Crippen LogP contribution in [0.15, 0.2) is 63.6 Å². The van der Waals surface area contributed by atoms with E-state index in [4.69, 9.17) is 33.1 Å². The minimum atomic E-state index is -2.04.